The molecule has 3 amide bonds. The van der Waals surface area contributed by atoms with Crippen molar-refractivity contribution in [1.29, 1.82) is 0 Å². The van der Waals surface area contributed by atoms with Gasteiger partial charge in [-0.2, -0.15) is 15.4 Å². The molecule has 24 heavy (non-hydrogen) atoms. The highest BCUT2D eigenvalue weighted by Gasteiger charge is 2.33. The SMILES string of the molecule is NC(=O)c1n[nH]nc1-c1cccc(C(=O)ON2C(=O)CCC2=O)c1. The summed E-state index contributed by atoms with van der Waals surface area (Å²) in [5.74, 6) is -2.81. The Kier molecular flexibility index (Phi) is 3.78. The fraction of sp³-hybridized carbons (Fsp3) is 0.143. The van der Waals surface area contributed by atoms with Crippen LogP contribution in [0.15, 0.2) is 24.3 Å². The number of nitrogens with two attached hydrogens (primary N) is 1. The minimum Gasteiger partial charge on any atom is -0.364 e. The number of carbonyl (C=O) groups excluding carboxylic acids is 4. The van der Waals surface area contributed by atoms with E-state index in [-0.39, 0.29) is 29.8 Å². The molecule has 1 aliphatic rings. The van der Waals surface area contributed by atoms with E-state index in [1.165, 1.54) is 18.2 Å². The molecule has 3 N–H and O–H groups in total. The first-order valence-corrected chi connectivity index (χ1v) is 6.86. The van der Waals surface area contributed by atoms with E-state index in [0.717, 1.165) is 0 Å². The van der Waals surface area contributed by atoms with Crippen LogP contribution in [0.25, 0.3) is 11.3 Å². The smallest absolute Gasteiger partial charge is 0.363 e. The van der Waals surface area contributed by atoms with Crippen molar-refractivity contribution in [3.63, 3.8) is 0 Å². The molecule has 0 atom stereocenters. The van der Waals surface area contributed by atoms with Crippen LogP contribution in [0.1, 0.15) is 33.7 Å². The number of rotatable bonds is 4. The number of hydrogen-bond acceptors (Lipinski definition) is 7. The number of primary amides is 1. The zero-order valence-corrected chi connectivity index (χ0v) is 12.2. The number of nitrogens with zero attached hydrogens (tertiary/aromatic N) is 3. The summed E-state index contributed by atoms with van der Waals surface area (Å²) in [6.45, 7) is 0. The maximum Gasteiger partial charge on any atom is 0.363 e. The van der Waals surface area contributed by atoms with E-state index in [2.05, 4.69) is 15.4 Å². The lowest BCUT2D eigenvalue weighted by molar-refractivity contribution is -0.172. The van der Waals surface area contributed by atoms with Crippen molar-refractivity contribution in [3.8, 4) is 11.3 Å². The second kappa shape index (κ2) is 5.91. The Balaban J connectivity index is 1.86. The number of amides is 3. The van der Waals surface area contributed by atoms with Gasteiger partial charge >= 0.3 is 5.97 Å². The second-order valence-electron chi connectivity index (χ2n) is 4.93. The third-order valence-electron chi connectivity index (χ3n) is 3.33. The summed E-state index contributed by atoms with van der Waals surface area (Å²) < 4.78 is 0. The van der Waals surface area contributed by atoms with Gasteiger partial charge in [0.1, 0.15) is 5.69 Å². The van der Waals surface area contributed by atoms with Crippen LogP contribution in [-0.2, 0) is 14.4 Å². The van der Waals surface area contributed by atoms with Crippen molar-refractivity contribution in [1.82, 2.24) is 20.5 Å². The first-order chi connectivity index (χ1) is 11.5. The Labute approximate surface area is 134 Å². The van der Waals surface area contributed by atoms with Gasteiger partial charge in [-0.05, 0) is 12.1 Å². The summed E-state index contributed by atoms with van der Waals surface area (Å²) in [4.78, 5) is 51.2. The topological polar surface area (TPSA) is 148 Å². The van der Waals surface area contributed by atoms with Crippen LogP contribution in [-0.4, -0.2) is 44.2 Å². The monoisotopic (exact) mass is 329 g/mol. The molecule has 1 saturated heterocycles. The number of carbonyl (C=O) groups is 4. The lowest BCUT2D eigenvalue weighted by Gasteiger charge is -2.12. The van der Waals surface area contributed by atoms with Gasteiger partial charge in [-0.25, -0.2) is 4.79 Å². The molecule has 0 aliphatic carbocycles. The molecular formula is C14H11N5O5. The van der Waals surface area contributed by atoms with E-state index >= 15 is 0 Å². The van der Waals surface area contributed by atoms with Gasteiger partial charge in [-0.15, -0.1) is 5.06 Å². The summed E-state index contributed by atoms with van der Waals surface area (Å²) in [6, 6.07) is 5.94. The number of aromatic amines is 1. The minimum absolute atomic E-state index is 0.00701. The Morgan fingerprint density at radius 2 is 1.88 bits per heavy atom. The number of imide groups is 1. The molecule has 0 unspecified atom stereocenters. The second-order valence-corrected chi connectivity index (χ2v) is 4.93. The molecular weight excluding hydrogens is 318 g/mol. The number of hydroxylamine groups is 2. The molecule has 1 aromatic heterocycles. The third-order valence-corrected chi connectivity index (χ3v) is 3.33. The lowest BCUT2D eigenvalue weighted by atomic mass is 10.1. The number of aromatic nitrogens is 3. The van der Waals surface area contributed by atoms with E-state index in [1.54, 1.807) is 6.07 Å². The van der Waals surface area contributed by atoms with Crippen LogP contribution < -0.4 is 5.73 Å². The maximum absolute atomic E-state index is 12.1. The molecule has 2 heterocycles. The fourth-order valence-corrected chi connectivity index (χ4v) is 2.19. The first kappa shape index (κ1) is 15.3. The zero-order valence-electron chi connectivity index (χ0n) is 12.2. The molecule has 10 heteroatoms. The van der Waals surface area contributed by atoms with Crippen LogP contribution in [0.5, 0.6) is 0 Å². The van der Waals surface area contributed by atoms with Gasteiger partial charge in [0, 0.05) is 18.4 Å². The molecule has 0 saturated carbocycles. The molecule has 122 valence electrons. The molecule has 10 nitrogen and oxygen atoms in total. The molecule has 2 aromatic rings. The van der Waals surface area contributed by atoms with E-state index < -0.39 is 23.7 Å². The van der Waals surface area contributed by atoms with Crippen molar-refractivity contribution < 1.29 is 24.0 Å². The summed E-state index contributed by atoms with van der Waals surface area (Å²) in [6.07, 6.45) is 0.0140. The summed E-state index contributed by atoms with van der Waals surface area (Å²) in [5, 5.41) is 10.2. The molecule has 1 aliphatic heterocycles. The number of nitrogens with one attached hydrogen (secondary N) is 1. The van der Waals surface area contributed by atoms with Crippen molar-refractivity contribution in [2.75, 3.05) is 0 Å². The van der Waals surface area contributed by atoms with Gasteiger partial charge in [0.2, 0.25) is 0 Å². The van der Waals surface area contributed by atoms with Gasteiger partial charge < -0.3 is 10.6 Å². The highest BCUT2D eigenvalue weighted by atomic mass is 16.7. The normalized spacial score (nSPS) is 14.1. The average Bonchev–Trinajstić information content (AvgIpc) is 3.17. The van der Waals surface area contributed by atoms with E-state index in [0.29, 0.717) is 10.6 Å². The fourth-order valence-electron chi connectivity index (χ4n) is 2.19. The largest absolute Gasteiger partial charge is 0.364 e. The van der Waals surface area contributed by atoms with Crippen molar-refractivity contribution >= 4 is 23.7 Å². The van der Waals surface area contributed by atoms with Gasteiger partial charge in [-0.1, -0.05) is 12.1 Å². The molecule has 0 spiro atoms. The Bertz CT molecular complexity index is 843. The van der Waals surface area contributed by atoms with Gasteiger partial charge in [0.15, 0.2) is 5.69 Å². The average molecular weight is 329 g/mol. The Morgan fingerprint density at radius 1 is 1.17 bits per heavy atom. The van der Waals surface area contributed by atoms with E-state index in [1.807, 2.05) is 0 Å². The van der Waals surface area contributed by atoms with Crippen molar-refractivity contribution in [3.05, 3.63) is 35.5 Å². The predicted molar refractivity (Wildman–Crippen MR) is 76.8 cm³/mol. The minimum atomic E-state index is -0.885. The summed E-state index contributed by atoms with van der Waals surface area (Å²) in [5.41, 5.74) is 5.75. The Morgan fingerprint density at radius 3 is 2.54 bits per heavy atom. The lowest BCUT2D eigenvalue weighted by Crippen LogP contribution is -2.32. The summed E-state index contributed by atoms with van der Waals surface area (Å²) >= 11 is 0. The number of benzene rings is 1. The highest BCUT2D eigenvalue weighted by Crippen LogP contribution is 2.22. The quantitative estimate of drug-likeness (QED) is 0.737. The molecule has 1 fully saturated rings. The van der Waals surface area contributed by atoms with E-state index in [4.69, 9.17) is 10.6 Å². The van der Waals surface area contributed by atoms with Gasteiger partial charge in [0.25, 0.3) is 17.7 Å². The number of H-pyrrole nitrogens is 1. The van der Waals surface area contributed by atoms with Crippen LogP contribution in [0.3, 0.4) is 0 Å². The maximum atomic E-state index is 12.1. The standard InChI is InChI=1S/C14H11N5O5/c15-13(22)12-11(16-18-17-12)7-2-1-3-8(6-7)14(23)24-19-9(20)4-5-10(19)21/h1-3,6H,4-5H2,(H2,15,22)(H,16,17,18). The van der Waals surface area contributed by atoms with E-state index in [9.17, 15) is 19.2 Å². The van der Waals surface area contributed by atoms with Crippen LogP contribution in [0.2, 0.25) is 0 Å². The Hall–Kier alpha value is -3.56. The summed E-state index contributed by atoms with van der Waals surface area (Å²) in [7, 11) is 0. The molecule has 3 rings (SSSR count). The van der Waals surface area contributed by atoms with Crippen LogP contribution in [0, 0.1) is 0 Å². The molecule has 0 bridgehead atoms. The molecule has 1 aromatic carbocycles. The van der Waals surface area contributed by atoms with Crippen LogP contribution in [0.4, 0.5) is 0 Å². The predicted octanol–water partition coefficient (Wildman–Crippen LogP) is -0.209. The van der Waals surface area contributed by atoms with Gasteiger partial charge in [-0.3, -0.25) is 14.4 Å². The first-order valence-electron chi connectivity index (χ1n) is 6.86. The van der Waals surface area contributed by atoms with Crippen molar-refractivity contribution in [2.45, 2.75) is 12.8 Å². The zero-order chi connectivity index (χ0) is 17.3. The van der Waals surface area contributed by atoms with Crippen molar-refractivity contribution in [2.24, 2.45) is 5.73 Å². The highest BCUT2D eigenvalue weighted by molar-refractivity contribution is 6.03. The third kappa shape index (κ3) is 2.72. The molecule has 0 radical (unpaired) electrons. The number of hydrogen-bond donors (Lipinski definition) is 2. The van der Waals surface area contributed by atoms with Gasteiger partial charge in [0.05, 0.1) is 5.56 Å². The van der Waals surface area contributed by atoms with Crippen LogP contribution >= 0.6 is 0 Å².